The predicted molar refractivity (Wildman–Crippen MR) is 104 cm³/mol. The van der Waals surface area contributed by atoms with E-state index in [4.69, 9.17) is 0 Å². The third-order valence-corrected chi connectivity index (χ3v) is 4.76. The largest absolute Gasteiger partial charge is 0.322 e. The van der Waals surface area contributed by atoms with Gasteiger partial charge in [-0.25, -0.2) is 9.18 Å². The number of amides is 2. The first kappa shape index (κ1) is 18.4. The first-order valence-corrected chi connectivity index (χ1v) is 8.53. The van der Waals surface area contributed by atoms with E-state index in [1.165, 1.54) is 6.07 Å². The molecule has 0 bridgehead atoms. The number of urea groups is 1. The molecule has 2 aliphatic rings. The van der Waals surface area contributed by atoms with Crippen molar-refractivity contribution < 1.29 is 9.18 Å². The lowest BCUT2D eigenvalue weighted by Gasteiger charge is -2.18. The van der Waals surface area contributed by atoms with E-state index in [-0.39, 0.29) is 24.3 Å². The molecule has 4 nitrogen and oxygen atoms in total. The van der Waals surface area contributed by atoms with Crippen molar-refractivity contribution in [2.24, 2.45) is 0 Å². The van der Waals surface area contributed by atoms with Crippen LogP contribution in [0.15, 0.2) is 48.5 Å². The summed E-state index contributed by atoms with van der Waals surface area (Å²) in [5.74, 6) is -0.296. The van der Waals surface area contributed by atoms with E-state index in [9.17, 15) is 9.18 Å². The molecule has 2 heterocycles. The summed E-state index contributed by atoms with van der Waals surface area (Å²) in [7, 11) is 0. The zero-order valence-electron chi connectivity index (χ0n) is 14.3. The SMILES string of the molecule is Cl.O=C(Nc1ccc(C2=CCNCC2)c(F)c1)N1Cc2ccccc2C1. The molecule has 0 saturated heterocycles. The highest BCUT2D eigenvalue weighted by Crippen LogP contribution is 2.26. The van der Waals surface area contributed by atoms with Gasteiger partial charge in [-0.15, -0.1) is 12.4 Å². The van der Waals surface area contributed by atoms with Crippen molar-refractivity contribution in [1.82, 2.24) is 10.2 Å². The Balaban J connectivity index is 0.00000196. The zero-order valence-corrected chi connectivity index (χ0v) is 15.1. The lowest BCUT2D eigenvalue weighted by atomic mass is 9.99. The minimum atomic E-state index is -0.296. The monoisotopic (exact) mass is 373 g/mol. The summed E-state index contributed by atoms with van der Waals surface area (Å²) in [6, 6.07) is 12.7. The van der Waals surface area contributed by atoms with E-state index in [0.29, 0.717) is 24.3 Å². The number of carbonyl (C=O) groups excluding carboxylic acids is 1. The molecule has 0 aliphatic carbocycles. The molecule has 0 spiro atoms. The van der Waals surface area contributed by atoms with Crippen molar-refractivity contribution in [2.75, 3.05) is 18.4 Å². The lowest BCUT2D eigenvalue weighted by molar-refractivity contribution is 0.212. The number of halogens is 2. The van der Waals surface area contributed by atoms with Crippen molar-refractivity contribution in [2.45, 2.75) is 19.5 Å². The summed E-state index contributed by atoms with van der Waals surface area (Å²) in [4.78, 5) is 14.2. The Bertz CT molecular complexity index is 828. The summed E-state index contributed by atoms with van der Waals surface area (Å²) in [6.45, 7) is 2.80. The topological polar surface area (TPSA) is 44.4 Å². The molecule has 2 aromatic rings. The first-order valence-electron chi connectivity index (χ1n) is 8.53. The Kier molecular flexibility index (Phi) is 5.59. The van der Waals surface area contributed by atoms with Crippen LogP contribution >= 0.6 is 12.4 Å². The van der Waals surface area contributed by atoms with Gasteiger partial charge in [0.05, 0.1) is 0 Å². The van der Waals surface area contributed by atoms with Gasteiger partial charge in [-0.05, 0) is 47.9 Å². The Labute approximate surface area is 158 Å². The molecule has 0 radical (unpaired) electrons. The Morgan fingerprint density at radius 1 is 1.12 bits per heavy atom. The van der Waals surface area contributed by atoms with E-state index in [1.54, 1.807) is 17.0 Å². The minimum Gasteiger partial charge on any atom is -0.316 e. The number of fused-ring (bicyclic) bond motifs is 1. The molecule has 6 heteroatoms. The highest BCUT2D eigenvalue weighted by Gasteiger charge is 2.23. The Hall–Kier alpha value is -2.37. The van der Waals surface area contributed by atoms with Gasteiger partial charge >= 0.3 is 6.03 Å². The highest BCUT2D eigenvalue weighted by molar-refractivity contribution is 5.90. The van der Waals surface area contributed by atoms with E-state index in [2.05, 4.69) is 10.6 Å². The summed E-state index contributed by atoms with van der Waals surface area (Å²) >= 11 is 0. The fourth-order valence-corrected chi connectivity index (χ4v) is 3.40. The van der Waals surface area contributed by atoms with E-state index in [1.807, 2.05) is 30.3 Å². The van der Waals surface area contributed by atoms with Gasteiger partial charge in [0.15, 0.2) is 0 Å². The quantitative estimate of drug-likeness (QED) is 0.829. The van der Waals surface area contributed by atoms with Crippen LogP contribution in [0.3, 0.4) is 0 Å². The second kappa shape index (κ2) is 7.89. The van der Waals surface area contributed by atoms with Gasteiger partial charge in [0, 0.05) is 30.9 Å². The molecule has 2 aliphatic heterocycles. The summed E-state index contributed by atoms with van der Waals surface area (Å²) in [5.41, 5.74) is 4.45. The lowest BCUT2D eigenvalue weighted by Crippen LogP contribution is -2.30. The van der Waals surface area contributed by atoms with Crippen molar-refractivity contribution in [3.8, 4) is 0 Å². The Morgan fingerprint density at radius 3 is 2.46 bits per heavy atom. The second-order valence-corrected chi connectivity index (χ2v) is 6.43. The second-order valence-electron chi connectivity index (χ2n) is 6.43. The highest BCUT2D eigenvalue weighted by atomic mass is 35.5. The van der Waals surface area contributed by atoms with Crippen molar-refractivity contribution in [3.63, 3.8) is 0 Å². The molecule has 0 unspecified atom stereocenters. The smallest absolute Gasteiger partial charge is 0.316 e. The van der Waals surface area contributed by atoms with Crippen molar-refractivity contribution >= 4 is 29.7 Å². The van der Waals surface area contributed by atoms with Crippen LogP contribution in [0.2, 0.25) is 0 Å². The normalized spacial score (nSPS) is 15.7. The average Bonchev–Trinajstić information content (AvgIpc) is 3.07. The molecule has 2 aromatic carbocycles. The van der Waals surface area contributed by atoms with Crippen LogP contribution in [-0.4, -0.2) is 24.0 Å². The van der Waals surface area contributed by atoms with E-state index >= 15 is 0 Å². The molecular formula is C20H21ClFN3O. The van der Waals surface area contributed by atoms with E-state index < -0.39 is 0 Å². The third kappa shape index (κ3) is 3.74. The number of anilines is 1. The standard InChI is InChI=1S/C20H20FN3O.ClH/c21-19-11-17(5-6-18(19)14-7-9-22-10-8-14)23-20(25)24-12-15-3-1-2-4-16(15)13-24;/h1-7,11,22H,8-10,12-13H2,(H,23,25);1H. The number of carbonyl (C=O) groups is 1. The van der Waals surface area contributed by atoms with Crippen molar-refractivity contribution in [3.05, 3.63) is 71.0 Å². The number of rotatable bonds is 2. The number of benzene rings is 2. The van der Waals surface area contributed by atoms with Gasteiger partial charge in [0.2, 0.25) is 0 Å². The zero-order chi connectivity index (χ0) is 17.2. The van der Waals surface area contributed by atoms with Crippen molar-refractivity contribution in [1.29, 1.82) is 0 Å². The van der Waals surface area contributed by atoms with E-state index in [0.717, 1.165) is 36.2 Å². The van der Waals surface area contributed by atoms with Crippen LogP contribution in [0.1, 0.15) is 23.1 Å². The Morgan fingerprint density at radius 2 is 1.85 bits per heavy atom. The fourth-order valence-electron chi connectivity index (χ4n) is 3.40. The number of hydrogen-bond donors (Lipinski definition) is 2. The maximum atomic E-state index is 14.5. The molecule has 0 atom stereocenters. The maximum absolute atomic E-state index is 14.5. The molecule has 2 amide bonds. The predicted octanol–water partition coefficient (Wildman–Crippen LogP) is 4.17. The van der Waals surface area contributed by atoms with Crippen LogP contribution in [0.25, 0.3) is 5.57 Å². The summed E-state index contributed by atoms with van der Waals surface area (Å²) < 4.78 is 14.5. The molecule has 0 aromatic heterocycles. The van der Waals surface area contributed by atoms with Crippen LogP contribution in [0.5, 0.6) is 0 Å². The minimum absolute atomic E-state index is 0. The maximum Gasteiger partial charge on any atom is 0.322 e. The molecule has 26 heavy (non-hydrogen) atoms. The van der Waals surface area contributed by atoms with Gasteiger partial charge < -0.3 is 15.5 Å². The molecule has 136 valence electrons. The van der Waals surface area contributed by atoms with Gasteiger partial charge in [-0.2, -0.15) is 0 Å². The molecule has 4 rings (SSSR count). The number of nitrogens with zero attached hydrogens (tertiary/aromatic N) is 1. The van der Waals surface area contributed by atoms with Crippen LogP contribution in [0, 0.1) is 5.82 Å². The third-order valence-electron chi connectivity index (χ3n) is 4.76. The number of nitrogens with one attached hydrogen (secondary N) is 2. The van der Waals surface area contributed by atoms with Crippen LogP contribution < -0.4 is 10.6 Å². The average molecular weight is 374 g/mol. The molecular weight excluding hydrogens is 353 g/mol. The first-order chi connectivity index (χ1) is 12.2. The molecule has 0 fully saturated rings. The van der Waals surface area contributed by atoms with Gasteiger partial charge in [0.1, 0.15) is 5.82 Å². The summed E-state index contributed by atoms with van der Waals surface area (Å²) in [6.07, 6.45) is 2.83. The number of hydrogen-bond acceptors (Lipinski definition) is 2. The fraction of sp³-hybridized carbons (Fsp3) is 0.250. The van der Waals surface area contributed by atoms with Crippen LogP contribution in [-0.2, 0) is 13.1 Å². The van der Waals surface area contributed by atoms with Gasteiger partial charge in [-0.1, -0.05) is 30.3 Å². The molecule has 0 saturated carbocycles. The van der Waals surface area contributed by atoms with Gasteiger partial charge in [0.25, 0.3) is 0 Å². The summed E-state index contributed by atoms with van der Waals surface area (Å²) in [5, 5.41) is 6.02. The van der Waals surface area contributed by atoms with Crippen LogP contribution in [0.4, 0.5) is 14.9 Å². The van der Waals surface area contributed by atoms with Gasteiger partial charge in [-0.3, -0.25) is 0 Å². The molecule has 2 N–H and O–H groups in total.